The van der Waals surface area contributed by atoms with Crippen molar-refractivity contribution in [3.8, 4) is 11.4 Å². The summed E-state index contributed by atoms with van der Waals surface area (Å²) in [6.07, 6.45) is 6.38. The van der Waals surface area contributed by atoms with Crippen molar-refractivity contribution in [3.05, 3.63) is 51.8 Å². The summed E-state index contributed by atoms with van der Waals surface area (Å²) in [6.45, 7) is 6.96. The Morgan fingerprint density at radius 1 is 1.11 bits per heavy atom. The molecule has 10 nitrogen and oxygen atoms in total. The predicted molar refractivity (Wildman–Crippen MR) is 142 cm³/mol. The Balaban J connectivity index is 1.52. The molecule has 1 fully saturated rings. The van der Waals surface area contributed by atoms with Crippen LogP contribution in [0.5, 0.6) is 0 Å². The van der Waals surface area contributed by atoms with E-state index >= 15 is 0 Å². The molecule has 5 rings (SSSR count). The summed E-state index contributed by atoms with van der Waals surface area (Å²) in [4.78, 5) is 40.7. The smallest absolute Gasteiger partial charge is 0.294 e. The first-order valence-electron chi connectivity index (χ1n) is 12.2. The van der Waals surface area contributed by atoms with Gasteiger partial charge in [-0.2, -0.15) is 0 Å². The Bertz CT molecular complexity index is 1470. The average Bonchev–Trinajstić information content (AvgIpc) is 3.71. The molecule has 4 aromatic rings. The van der Waals surface area contributed by atoms with Crippen molar-refractivity contribution in [2.75, 3.05) is 16.8 Å². The van der Waals surface area contributed by atoms with Gasteiger partial charge in [-0.25, -0.2) is 29.9 Å². The molecule has 0 aromatic carbocycles. The van der Waals surface area contributed by atoms with Gasteiger partial charge in [-0.05, 0) is 43.6 Å². The van der Waals surface area contributed by atoms with Gasteiger partial charge >= 0.3 is 0 Å². The van der Waals surface area contributed by atoms with Crippen LogP contribution in [-0.4, -0.2) is 40.2 Å². The average molecular weight is 504 g/mol. The molecular formula is C25H29N9OS. The number of hydrogen-bond donors (Lipinski definition) is 2. The van der Waals surface area contributed by atoms with E-state index in [1.54, 1.807) is 22.5 Å². The maximum absolute atomic E-state index is 13.4. The van der Waals surface area contributed by atoms with E-state index in [0.29, 0.717) is 36.0 Å². The Hall–Kier alpha value is -3.60. The summed E-state index contributed by atoms with van der Waals surface area (Å²) >= 11 is 1.69. The van der Waals surface area contributed by atoms with Crippen LogP contribution in [0.1, 0.15) is 56.0 Å². The molecule has 0 spiro atoms. The summed E-state index contributed by atoms with van der Waals surface area (Å²) in [7, 11) is 0. The van der Waals surface area contributed by atoms with Crippen LogP contribution in [-0.2, 0) is 13.1 Å². The van der Waals surface area contributed by atoms with Crippen LogP contribution in [0.15, 0.2) is 34.3 Å². The van der Waals surface area contributed by atoms with Crippen LogP contribution in [0.4, 0.5) is 11.8 Å². The number of anilines is 2. The number of pyridine rings is 1. The van der Waals surface area contributed by atoms with Crippen molar-refractivity contribution in [1.82, 2.24) is 34.5 Å². The third-order valence-electron chi connectivity index (χ3n) is 6.01. The molecule has 186 valence electrons. The van der Waals surface area contributed by atoms with Crippen LogP contribution in [0.25, 0.3) is 22.6 Å². The second kappa shape index (κ2) is 10.2. The van der Waals surface area contributed by atoms with Crippen molar-refractivity contribution >= 4 is 34.7 Å². The number of hydrogen-bond acceptors (Lipinski definition) is 10. The van der Waals surface area contributed by atoms with E-state index in [2.05, 4.69) is 37.2 Å². The van der Waals surface area contributed by atoms with E-state index in [4.69, 9.17) is 10.7 Å². The van der Waals surface area contributed by atoms with Crippen LogP contribution in [0, 0.1) is 6.92 Å². The highest BCUT2D eigenvalue weighted by molar-refractivity contribution is 7.99. The lowest BCUT2D eigenvalue weighted by molar-refractivity contribution is 0.668. The van der Waals surface area contributed by atoms with Gasteiger partial charge in [0, 0.05) is 25.2 Å². The van der Waals surface area contributed by atoms with Gasteiger partial charge < -0.3 is 11.1 Å². The number of aromatic nitrogens is 7. The molecule has 11 heteroatoms. The number of nitrogens with one attached hydrogen (secondary N) is 1. The summed E-state index contributed by atoms with van der Waals surface area (Å²) in [5, 5.41) is 4.17. The van der Waals surface area contributed by atoms with Crippen LogP contribution >= 0.6 is 11.8 Å². The van der Waals surface area contributed by atoms with E-state index in [9.17, 15) is 4.79 Å². The second-order valence-corrected chi connectivity index (χ2v) is 10.1. The Morgan fingerprint density at radius 2 is 1.94 bits per heavy atom. The molecule has 4 heterocycles. The van der Waals surface area contributed by atoms with Gasteiger partial charge in [0.2, 0.25) is 5.95 Å². The molecule has 0 aliphatic heterocycles. The molecule has 1 aliphatic rings. The zero-order valence-electron chi connectivity index (χ0n) is 20.7. The van der Waals surface area contributed by atoms with E-state index in [1.165, 1.54) is 0 Å². The highest BCUT2D eigenvalue weighted by Crippen LogP contribution is 2.43. The fraction of sp³-hybridized carbons (Fsp3) is 0.400. The molecule has 0 bridgehead atoms. The monoisotopic (exact) mass is 503 g/mol. The van der Waals surface area contributed by atoms with E-state index in [-0.39, 0.29) is 17.3 Å². The first kappa shape index (κ1) is 24.1. The highest BCUT2D eigenvalue weighted by atomic mass is 32.2. The number of rotatable bonds is 9. The van der Waals surface area contributed by atoms with Gasteiger partial charge in [-0.15, -0.1) is 11.8 Å². The molecule has 0 saturated heterocycles. The maximum atomic E-state index is 13.4. The molecular weight excluding hydrogens is 474 g/mol. The molecule has 0 radical (unpaired) electrons. The zero-order valence-corrected chi connectivity index (χ0v) is 21.5. The molecule has 36 heavy (non-hydrogen) atoms. The molecule has 0 atom stereocenters. The van der Waals surface area contributed by atoms with Crippen molar-refractivity contribution in [2.45, 2.75) is 64.1 Å². The molecule has 0 unspecified atom stereocenters. The minimum absolute atomic E-state index is 0.215. The first-order chi connectivity index (χ1) is 17.5. The fourth-order valence-electron chi connectivity index (χ4n) is 4.18. The van der Waals surface area contributed by atoms with E-state index in [1.807, 2.05) is 32.2 Å². The minimum atomic E-state index is -0.215. The number of fused-ring (bicyclic) bond motifs is 1. The number of nitrogen functional groups attached to an aromatic ring is 1. The summed E-state index contributed by atoms with van der Waals surface area (Å²) < 4.78 is 1.67. The summed E-state index contributed by atoms with van der Waals surface area (Å²) in [5.41, 5.74) is 10.1. The van der Waals surface area contributed by atoms with Crippen molar-refractivity contribution in [2.24, 2.45) is 0 Å². The normalized spacial score (nSPS) is 13.3. The molecule has 1 aliphatic carbocycles. The van der Waals surface area contributed by atoms with E-state index in [0.717, 1.165) is 52.6 Å². The Morgan fingerprint density at radius 3 is 2.64 bits per heavy atom. The maximum Gasteiger partial charge on any atom is 0.294 e. The third kappa shape index (κ3) is 4.88. The molecule has 4 aromatic heterocycles. The number of nitrogens with two attached hydrogens (primary N) is 1. The van der Waals surface area contributed by atoms with Gasteiger partial charge in [0.15, 0.2) is 17.3 Å². The van der Waals surface area contributed by atoms with Gasteiger partial charge in [-0.3, -0.25) is 9.36 Å². The number of aryl methyl sites for hydroxylation is 2. The largest absolute Gasteiger partial charge is 0.368 e. The van der Waals surface area contributed by atoms with Crippen molar-refractivity contribution in [1.29, 1.82) is 0 Å². The quantitative estimate of drug-likeness (QED) is 0.323. The SMILES string of the molecule is CCCn1c(=O)c(NCc2ccc(SCC)nc2)nc2cnc(-c3c(C)nc(N)nc3C3CC3)nc21. The van der Waals surface area contributed by atoms with Gasteiger partial charge in [0.25, 0.3) is 5.56 Å². The molecule has 0 amide bonds. The number of thioether (sulfide) groups is 1. The lowest BCUT2D eigenvalue weighted by atomic mass is 10.1. The Labute approximate surface area is 213 Å². The van der Waals surface area contributed by atoms with Crippen LogP contribution in [0.2, 0.25) is 0 Å². The highest BCUT2D eigenvalue weighted by Gasteiger charge is 2.31. The van der Waals surface area contributed by atoms with E-state index < -0.39 is 0 Å². The summed E-state index contributed by atoms with van der Waals surface area (Å²) in [5.74, 6) is 2.33. The first-order valence-corrected chi connectivity index (χ1v) is 13.2. The minimum Gasteiger partial charge on any atom is -0.368 e. The lowest BCUT2D eigenvalue weighted by Crippen LogP contribution is -2.26. The van der Waals surface area contributed by atoms with Crippen molar-refractivity contribution in [3.63, 3.8) is 0 Å². The lowest BCUT2D eigenvalue weighted by Gasteiger charge is -2.14. The predicted octanol–water partition coefficient (Wildman–Crippen LogP) is 3.94. The zero-order chi connectivity index (χ0) is 25.2. The van der Waals surface area contributed by atoms with Crippen molar-refractivity contribution < 1.29 is 0 Å². The second-order valence-electron chi connectivity index (χ2n) is 8.81. The third-order valence-corrected chi connectivity index (χ3v) is 6.83. The topological polar surface area (TPSA) is 137 Å². The van der Waals surface area contributed by atoms with Crippen LogP contribution in [0.3, 0.4) is 0 Å². The fourth-order valence-corrected chi connectivity index (χ4v) is 4.77. The Kier molecular flexibility index (Phi) is 6.82. The molecule has 1 saturated carbocycles. The van der Waals surface area contributed by atoms with Gasteiger partial charge in [0.1, 0.15) is 5.52 Å². The summed E-state index contributed by atoms with van der Waals surface area (Å²) in [6, 6.07) is 4.00. The van der Waals surface area contributed by atoms with Crippen LogP contribution < -0.4 is 16.6 Å². The standard InChI is InChI=1S/C25H29N9OS/c1-4-10-34-23-17(31-22(24(34)35)28-12-15-6-9-18(27-11-15)36-5-2)13-29-21(33-23)19-14(3)30-25(26)32-20(19)16-7-8-16/h6,9,11,13,16H,4-5,7-8,10,12H2,1-3H3,(H,28,31)(H2,26,30,32). The molecule has 3 N–H and O–H groups in total. The number of nitrogens with zero attached hydrogens (tertiary/aromatic N) is 7. The van der Waals surface area contributed by atoms with Gasteiger partial charge in [-0.1, -0.05) is 19.9 Å². The van der Waals surface area contributed by atoms with Gasteiger partial charge in [0.05, 0.1) is 28.2 Å².